The van der Waals surface area contributed by atoms with Gasteiger partial charge in [0.2, 0.25) is 0 Å². The summed E-state index contributed by atoms with van der Waals surface area (Å²) in [5, 5.41) is -4.53. The van der Waals surface area contributed by atoms with Crippen molar-refractivity contribution in [2.75, 3.05) is 6.61 Å². The molecule has 2 aliphatic carbocycles. The number of alkyl halides is 2. The molecule has 1 saturated heterocycles. The first-order chi connectivity index (χ1) is 9.62. The molecule has 1 N–H and O–H groups in total. The van der Waals surface area contributed by atoms with Crippen LogP contribution in [0.2, 0.25) is 0 Å². The van der Waals surface area contributed by atoms with Crippen LogP contribution in [0.1, 0.15) is 12.8 Å². The molecule has 0 spiro atoms. The molecule has 0 amide bonds. The van der Waals surface area contributed by atoms with Crippen molar-refractivity contribution in [3.63, 3.8) is 0 Å². The highest BCUT2D eigenvalue weighted by molar-refractivity contribution is 7.86. The van der Waals surface area contributed by atoms with Gasteiger partial charge in [-0.05, 0) is 18.8 Å². The lowest BCUT2D eigenvalue weighted by Crippen LogP contribution is -2.53. The van der Waals surface area contributed by atoms with Crippen molar-refractivity contribution in [2.45, 2.75) is 29.8 Å². The van der Waals surface area contributed by atoms with E-state index >= 15 is 0 Å². The third kappa shape index (κ3) is 1.85. The standard InChI is InChI=1S/C11H12F2O7S/c12-11(13,21(16,17)18)4-19-10(3-14)5-1-6-7(2-5)9(15)20-8(6)10/h3,5-8H,1-2,4H2,(H,16,17,18)/t5?,6?,7?,8-,10?/m1/s1. The summed E-state index contributed by atoms with van der Waals surface area (Å²) in [7, 11) is -5.65. The van der Waals surface area contributed by atoms with Crippen LogP contribution in [0, 0.1) is 17.8 Å². The summed E-state index contributed by atoms with van der Waals surface area (Å²) in [5.41, 5.74) is -1.76. The Morgan fingerprint density at radius 1 is 1.48 bits per heavy atom. The zero-order valence-electron chi connectivity index (χ0n) is 10.6. The van der Waals surface area contributed by atoms with Crippen molar-refractivity contribution in [1.82, 2.24) is 0 Å². The second-order valence-electron chi connectivity index (χ2n) is 5.67. The molecule has 3 fully saturated rings. The zero-order valence-corrected chi connectivity index (χ0v) is 11.4. The summed E-state index contributed by atoms with van der Waals surface area (Å²) in [6.07, 6.45) is 0.0495. The summed E-state index contributed by atoms with van der Waals surface area (Å²) in [5.74, 6) is -1.58. The SMILES string of the molecule is O=CC1(OCC(F)(F)S(=O)(=O)O)C2CC3C(=O)O[C@@H]1C3C2. The molecular formula is C11H12F2O7S. The molecule has 0 radical (unpaired) electrons. The first-order valence-electron chi connectivity index (χ1n) is 6.28. The third-order valence-corrected chi connectivity index (χ3v) is 5.55. The van der Waals surface area contributed by atoms with Gasteiger partial charge >= 0.3 is 21.3 Å². The highest BCUT2D eigenvalue weighted by atomic mass is 32.2. The molecule has 1 aliphatic heterocycles. The number of hydrogen-bond acceptors (Lipinski definition) is 6. The minimum atomic E-state index is -5.65. The van der Waals surface area contributed by atoms with Gasteiger partial charge < -0.3 is 9.47 Å². The maximum atomic E-state index is 13.3. The normalized spacial score (nSPS) is 41.4. The second kappa shape index (κ2) is 4.20. The van der Waals surface area contributed by atoms with Gasteiger partial charge in [-0.3, -0.25) is 14.1 Å². The lowest BCUT2D eigenvalue weighted by atomic mass is 9.79. The molecule has 1 heterocycles. The quantitative estimate of drug-likeness (QED) is 0.430. The molecule has 3 rings (SSSR count). The largest absolute Gasteiger partial charge is 0.458 e. The maximum absolute atomic E-state index is 13.3. The van der Waals surface area contributed by atoms with Crippen LogP contribution in [0.25, 0.3) is 0 Å². The van der Waals surface area contributed by atoms with Gasteiger partial charge in [0.05, 0.1) is 5.92 Å². The van der Waals surface area contributed by atoms with E-state index in [1.165, 1.54) is 0 Å². The number of halogens is 2. The van der Waals surface area contributed by atoms with Crippen LogP contribution < -0.4 is 0 Å². The predicted molar refractivity (Wildman–Crippen MR) is 60.8 cm³/mol. The van der Waals surface area contributed by atoms with Gasteiger partial charge in [0, 0.05) is 5.92 Å². The molecule has 2 bridgehead atoms. The molecule has 4 unspecified atom stereocenters. The van der Waals surface area contributed by atoms with Crippen LogP contribution in [0.15, 0.2) is 0 Å². The second-order valence-corrected chi connectivity index (χ2v) is 7.22. The number of hydrogen-bond donors (Lipinski definition) is 1. The van der Waals surface area contributed by atoms with E-state index in [9.17, 15) is 26.8 Å². The Bertz CT molecular complexity index is 604. The van der Waals surface area contributed by atoms with E-state index in [-0.39, 0.29) is 18.3 Å². The van der Waals surface area contributed by atoms with Crippen LogP contribution >= 0.6 is 0 Å². The van der Waals surface area contributed by atoms with Gasteiger partial charge in [-0.2, -0.15) is 17.2 Å². The van der Waals surface area contributed by atoms with Crippen LogP contribution in [0.5, 0.6) is 0 Å². The van der Waals surface area contributed by atoms with Gasteiger partial charge in [-0.15, -0.1) is 0 Å². The van der Waals surface area contributed by atoms with Gasteiger partial charge in [-0.25, -0.2) is 0 Å². The molecule has 118 valence electrons. The average molecular weight is 326 g/mol. The zero-order chi connectivity index (χ0) is 15.6. The van der Waals surface area contributed by atoms with E-state index in [2.05, 4.69) is 0 Å². The van der Waals surface area contributed by atoms with E-state index in [1.54, 1.807) is 0 Å². The van der Waals surface area contributed by atoms with Crippen LogP contribution in [-0.4, -0.2) is 48.8 Å². The van der Waals surface area contributed by atoms with E-state index in [0.29, 0.717) is 12.7 Å². The van der Waals surface area contributed by atoms with Crippen molar-refractivity contribution >= 4 is 22.4 Å². The summed E-state index contributed by atoms with van der Waals surface area (Å²) in [6.45, 7) is -1.67. The average Bonchev–Trinajstić information content (AvgIpc) is 2.97. The molecule has 3 aliphatic rings. The monoisotopic (exact) mass is 326 g/mol. The van der Waals surface area contributed by atoms with Crippen molar-refractivity contribution in [1.29, 1.82) is 0 Å². The summed E-state index contributed by atoms with van der Waals surface area (Å²) in [6, 6.07) is 0. The van der Waals surface area contributed by atoms with E-state index in [4.69, 9.17) is 14.0 Å². The Morgan fingerprint density at radius 2 is 2.14 bits per heavy atom. The fraction of sp³-hybridized carbons (Fsp3) is 0.818. The Labute approximate surface area is 118 Å². The molecule has 0 aromatic heterocycles. The van der Waals surface area contributed by atoms with Crippen molar-refractivity contribution in [3.8, 4) is 0 Å². The Morgan fingerprint density at radius 3 is 2.71 bits per heavy atom. The first kappa shape index (κ1) is 14.8. The number of carbonyl (C=O) groups is 2. The Hall–Kier alpha value is -1.13. The predicted octanol–water partition coefficient (Wildman–Crippen LogP) is 0.00270. The van der Waals surface area contributed by atoms with E-state index in [0.717, 1.165) is 0 Å². The van der Waals surface area contributed by atoms with Crippen LogP contribution in [0.4, 0.5) is 8.78 Å². The lowest BCUT2D eigenvalue weighted by molar-refractivity contribution is -0.177. The number of fused-ring (bicyclic) bond motifs is 1. The summed E-state index contributed by atoms with van der Waals surface area (Å²) < 4.78 is 66.1. The van der Waals surface area contributed by atoms with Gasteiger partial charge in [0.25, 0.3) is 0 Å². The Kier molecular flexibility index (Phi) is 2.96. The van der Waals surface area contributed by atoms with Gasteiger partial charge in [-0.1, -0.05) is 0 Å². The van der Waals surface area contributed by atoms with E-state index in [1.807, 2.05) is 0 Å². The van der Waals surface area contributed by atoms with Crippen molar-refractivity contribution in [3.05, 3.63) is 0 Å². The van der Waals surface area contributed by atoms with Crippen LogP contribution in [-0.2, 0) is 29.2 Å². The lowest BCUT2D eigenvalue weighted by Gasteiger charge is -2.35. The third-order valence-electron chi connectivity index (χ3n) is 4.68. The molecule has 0 aromatic rings. The number of ether oxygens (including phenoxy) is 2. The number of esters is 1. The topological polar surface area (TPSA) is 107 Å². The highest BCUT2D eigenvalue weighted by Crippen LogP contribution is 2.60. The van der Waals surface area contributed by atoms with Crippen LogP contribution in [0.3, 0.4) is 0 Å². The maximum Gasteiger partial charge on any atom is 0.392 e. The molecule has 5 atom stereocenters. The number of rotatable bonds is 5. The molecule has 7 nitrogen and oxygen atoms in total. The molecule has 21 heavy (non-hydrogen) atoms. The molecule has 0 aromatic carbocycles. The first-order valence-corrected chi connectivity index (χ1v) is 7.72. The van der Waals surface area contributed by atoms with E-state index < -0.39 is 45.6 Å². The highest BCUT2D eigenvalue weighted by Gasteiger charge is 2.70. The minimum absolute atomic E-state index is 0.271. The molecule has 2 saturated carbocycles. The summed E-state index contributed by atoms with van der Waals surface area (Å²) >= 11 is 0. The molecular weight excluding hydrogens is 314 g/mol. The smallest absolute Gasteiger partial charge is 0.392 e. The number of aldehydes is 1. The van der Waals surface area contributed by atoms with Crippen molar-refractivity contribution < 1.29 is 40.8 Å². The summed E-state index contributed by atoms with van der Waals surface area (Å²) in [4.78, 5) is 23.0. The van der Waals surface area contributed by atoms with Gasteiger partial charge in [0.15, 0.2) is 11.9 Å². The Balaban J connectivity index is 1.84. The van der Waals surface area contributed by atoms with Gasteiger partial charge in [0.1, 0.15) is 12.7 Å². The number of carbonyl (C=O) groups excluding carboxylic acids is 2. The minimum Gasteiger partial charge on any atom is -0.458 e. The fourth-order valence-corrected chi connectivity index (χ4v) is 3.89. The molecule has 10 heteroatoms. The van der Waals surface area contributed by atoms with Crippen molar-refractivity contribution in [2.24, 2.45) is 17.8 Å². The fourth-order valence-electron chi connectivity index (χ4n) is 3.68.